The van der Waals surface area contributed by atoms with E-state index in [1.165, 1.54) is 13.0 Å². The third-order valence-electron chi connectivity index (χ3n) is 3.43. The molecule has 0 saturated heterocycles. The van der Waals surface area contributed by atoms with Crippen LogP contribution < -0.4 is 20.3 Å². The number of ether oxygens (including phenoxy) is 2. The Morgan fingerprint density at radius 1 is 1.33 bits per heavy atom. The molecule has 3 rings (SSSR count). The van der Waals surface area contributed by atoms with E-state index in [0.29, 0.717) is 17.2 Å². The number of hydrogen-bond donors (Lipinski definition) is 1. The van der Waals surface area contributed by atoms with Crippen molar-refractivity contribution in [1.82, 2.24) is 4.57 Å². The Bertz CT molecular complexity index is 889. The second-order valence-electron chi connectivity index (χ2n) is 5.19. The van der Waals surface area contributed by atoms with Gasteiger partial charge in [0.15, 0.2) is 11.5 Å². The highest BCUT2D eigenvalue weighted by Gasteiger charge is 2.16. The third-order valence-corrected chi connectivity index (χ3v) is 3.43. The first-order valence-corrected chi connectivity index (χ1v) is 6.99. The lowest BCUT2D eigenvalue weighted by atomic mass is 10.2. The number of rotatable bonds is 4. The van der Waals surface area contributed by atoms with E-state index >= 15 is 0 Å². The van der Waals surface area contributed by atoms with Crippen LogP contribution in [0.3, 0.4) is 0 Å². The number of nitrogens with one attached hydrogen (secondary N) is 1. The lowest BCUT2D eigenvalue weighted by Crippen LogP contribution is -2.28. The quantitative estimate of drug-likeness (QED) is 0.670. The topological polar surface area (TPSA) is 113 Å². The lowest BCUT2D eigenvalue weighted by molar-refractivity contribution is -0.385. The smallest absolute Gasteiger partial charge is 0.286 e. The number of fused-ring (bicyclic) bond motifs is 1. The summed E-state index contributed by atoms with van der Waals surface area (Å²) in [5.41, 5.74) is -0.0380. The highest BCUT2D eigenvalue weighted by molar-refractivity contribution is 5.91. The number of anilines is 1. The summed E-state index contributed by atoms with van der Waals surface area (Å²) in [6.07, 6.45) is 1.05. The Labute approximate surface area is 135 Å². The molecule has 0 spiro atoms. The zero-order chi connectivity index (χ0) is 17.3. The summed E-state index contributed by atoms with van der Waals surface area (Å²) in [4.78, 5) is 34.4. The molecule has 1 amide bonds. The summed E-state index contributed by atoms with van der Waals surface area (Å²) in [6, 6.07) is 6.06. The molecule has 9 nitrogen and oxygen atoms in total. The van der Waals surface area contributed by atoms with Crippen LogP contribution in [0.5, 0.6) is 11.5 Å². The number of aromatic nitrogens is 1. The van der Waals surface area contributed by atoms with Crippen molar-refractivity contribution in [2.75, 3.05) is 12.1 Å². The monoisotopic (exact) mass is 331 g/mol. The molecule has 1 N–H and O–H groups in total. The second kappa shape index (κ2) is 6.03. The van der Waals surface area contributed by atoms with Crippen LogP contribution in [0.15, 0.2) is 35.3 Å². The van der Waals surface area contributed by atoms with E-state index in [1.54, 1.807) is 18.2 Å². The fraction of sp³-hybridized carbons (Fsp3) is 0.200. The van der Waals surface area contributed by atoms with E-state index in [4.69, 9.17) is 9.47 Å². The fourth-order valence-corrected chi connectivity index (χ4v) is 2.31. The van der Waals surface area contributed by atoms with Gasteiger partial charge in [0, 0.05) is 23.4 Å². The first kappa shape index (κ1) is 15.5. The van der Waals surface area contributed by atoms with Crippen LogP contribution >= 0.6 is 0 Å². The summed E-state index contributed by atoms with van der Waals surface area (Å²) < 4.78 is 11.4. The summed E-state index contributed by atoms with van der Waals surface area (Å²) in [7, 11) is 0. The van der Waals surface area contributed by atoms with Gasteiger partial charge in [0.05, 0.1) is 11.1 Å². The average molecular weight is 331 g/mol. The van der Waals surface area contributed by atoms with Gasteiger partial charge in [0.2, 0.25) is 12.7 Å². The molecule has 9 heteroatoms. The van der Waals surface area contributed by atoms with Crippen molar-refractivity contribution in [3.05, 3.63) is 56.5 Å². The fourth-order valence-electron chi connectivity index (χ4n) is 2.31. The molecule has 0 radical (unpaired) electrons. The zero-order valence-corrected chi connectivity index (χ0v) is 12.6. The molecule has 0 fully saturated rings. The molecular formula is C15H13N3O6. The Morgan fingerprint density at radius 3 is 2.83 bits per heavy atom. The molecule has 0 saturated carbocycles. The maximum absolute atomic E-state index is 12.1. The van der Waals surface area contributed by atoms with Gasteiger partial charge in [0.1, 0.15) is 6.54 Å². The SMILES string of the molecule is Cc1cc([N+](=O)[O-])cn(CC(=O)Nc2ccc3c(c2)OCO3)c1=O. The van der Waals surface area contributed by atoms with Crippen LogP contribution in [-0.2, 0) is 11.3 Å². The minimum absolute atomic E-state index is 0.120. The van der Waals surface area contributed by atoms with Gasteiger partial charge in [-0.1, -0.05) is 0 Å². The van der Waals surface area contributed by atoms with Crippen LogP contribution in [0.1, 0.15) is 5.56 Å². The zero-order valence-electron chi connectivity index (χ0n) is 12.6. The van der Waals surface area contributed by atoms with Crippen molar-refractivity contribution in [3.8, 4) is 11.5 Å². The molecule has 0 unspecified atom stereocenters. The number of benzene rings is 1. The minimum atomic E-state index is -0.612. The van der Waals surface area contributed by atoms with E-state index in [1.807, 2.05) is 0 Å². The number of nitro groups is 1. The van der Waals surface area contributed by atoms with Crippen molar-refractivity contribution >= 4 is 17.3 Å². The predicted molar refractivity (Wildman–Crippen MR) is 83.3 cm³/mol. The van der Waals surface area contributed by atoms with Gasteiger partial charge < -0.3 is 14.8 Å². The summed E-state index contributed by atoms with van der Waals surface area (Å²) in [6.45, 7) is 1.24. The number of nitrogens with zero attached hydrogens (tertiary/aromatic N) is 2. The number of carbonyl (C=O) groups is 1. The minimum Gasteiger partial charge on any atom is -0.454 e. The summed E-state index contributed by atoms with van der Waals surface area (Å²) >= 11 is 0. The standard InChI is InChI=1S/C15H13N3O6/c1-9-4-11(18(21)22)6-17(15(9)20)7-14(19)16-10-2-3-12-13(5-10)24-8-23-12/h2-6H,7-8H2,1H3,(H,16,19). The highest BCUT2D eigenvalue weighted by atomic mass is 16.7. The molecule has 1 aromatic carbocycles. The average Bonchev–Trinajstić information content (AvgIpc) is 2.99. The molecule has 124 valence electrons. The van der Waals surface area contributed by atoms with Crippen molar-refractivity contribution in [2.45, 2.75) is 13.5 Å². The Morgan fingerprint density at radius 2 is 2.08 bits per heavy atom. The molecule has 1 aliphatic heterocycles. The van der Waals surface area contributed by atoms with Crippen molar-refractivity contribution in [1.29, 1.82) is 0 Å². The van der Waals surface area contributed by atoms with Crippen molar-refractivity contribution in [2.24, 2.45) is 0 Å². The van der Waals surface area contributed by atoms with Crippen LogP contribution in [0, 0.1) is 17.0 Å². The maximum Gasteiger partial charge on any atom is 0.286 e. The van der Waals surface area contributed by atoms with Gasteiger partial charge in [0.25, 0.3) is 11.2 Å². The van der Waals surface area contributed by atoms with Crippen molar-refractivity contribution in [3.63, 3.8) is 0 Å². The number of hydrogen-bond acceptors (Lipinski definition) is 6. The second-order valence-corrected chi connectivity index (χ2v) is 5.19. The van der Waals surface area contributed by atoms with Gasteiger partial charge in [-0.2, -0.15) is 0 Å². The van der Waals surface area contributed by atoms with Crippen LogP contribution in [0.25, 0.3) is 0 Å². The molecule has 1 aliphatic rings. The van der Waals surface area contributed by atoms with Gasteiger partial charge in [-0.05, 0) is 19.1 Å². The Balaban J connectivity index is 1.78. The third kappa shape index (κ3) is 3.05. The number of amides is 1. The van der Waals surface area contributed by atoms with E-state index < -0.39 is 16.4 Å². The van der Waals surface area contributed by atoms with E-state index in [0.717, 1.165) is 10.8 Å². The summed E-state index contributed by atoms with van der Waals surface area (Å²) in [5.74, 6) is 0.602. The highest BCUT2D eigenvalue weighted by Crippen LogP contribution is 2.34. The Kier molecular flexibility index (Phi) is 3.90. The molecule has 1 aromatic heterocycles. The Hall–Kier alpha value is -3.36. The van der Waals surface area contributed by atoms with Crippen LogP contribution in [-0.4, -0.2) is 22.2 Å². The number of aryl methyl sites for hydroxylation is 1. The van der Waals surface area contributed by atoms with E-state index in [2.05, 4.69) is 5.32 Å². The normalized spacial score (nSPS) is 12.0. The van der Waals surface area contributed by atoms with E-state index in [9.17, 15) is 19.7 Å². The largest absolute Gasteiger partial charge is 0.454 e. The maximum atomic E-state index is 12.1. The molecule has 2 aromatic rings. The number of pyridine rings is 1. The first-order valence-electron chi connectivity index (χ1n) is 6.99. The van der Waals surface area contributed by atoms with E-state index in [-0.39, 0.29) is 24.6 Å². The molecule has 24 heavy (non-hydrogen) atoms. The molecular weight excluding hydrogens is 318 g/mol. The molecule has 0 atom stereocenters. The van der Waals surface area contributed by atoms with Crippen LogP contribution in [0.4, 0.5) is 11.4 Å². The van der Waals surface area contributed by atoms with Crippen LogP contribution in [0.2, 0.25) is 0 Å². The molecule has 0 bridgehead atoms. The van der Waals surface area contributed by atoms with Crippen molar-refractivity contribution < 1.29 is 19.2 Å². The molecule has 0 aliphatic carbocycles. The predicted octanol–water partition coefficient (Wildman–Crippen LogP) is 1.43. The number of carbonyl (C=O) groups excluding carboxylic acids is 1. The summed E-state index contributed by atoms with van der Waals surface area (Å²) in [5, 5.41) is 13.5. The van der Waals surface area contributed by atoms with Gasteiger partial charge in [-0.3, -0.25) is 24.3 Å². The van der Waals surface area contributed by atoms with Gasteiger partial charge >= 0.3 is 0 Å². The molecule has 2 heterocycles. The van der Waals surface area contributed by atoms with Gasteiger partial charge in [-0.25, -0.2) is 0 Å². The lowest BCUT2D eigenvalue weighted by Gasteiger charge is -2.09. The first-order chi connectivity index (χ1) is 11.4. The van der Waals surface area contributed by atoms with Gasteiger partial charge in [-0.15, -0.1) is 0 Å².